The first-order valence-electron chi connectivity index (χ1n) is 6.02. The van der Waals surface area contributed by atoms with Crippen LogP contribution in [-0.2, 0) is 6.61 Å². The van der Waals surface area contributed by atoms with Crippen molar-refractivity contribution in [2.75, 3.05) is 7.11 Å². The number of ether oxygens (including phenoxy) is 2. The number of nitrogens with two attached hydrogens (primary N) is 1. The number of halogens is 1. The van der Waals surface area contributed by atoms with E-state index < -0.39 is 0 Å². The molecule has 0 atom stereocenters. The Hall–Kier alpha value is -2.56. The first-order valence-corrected chi connectivity index (χ1v) is 6.02. The summed E-state index contributed by atoms with van der Waals surface area (Å²) >= 11 is 0. The molecule has 0 radical (unpaired) electrons. The van der Waals surface area contributed by atoms with Gasteiger partial charge in [0, 0.05) is 5.56 Å². The molecule has 0 aromatic heterocycles. The van der Waals surface area contributed by atoms with Gasteiger partial charge in [0.15, 0.2) is 11.5 Å². The highest BCUT2D eigenvalue weighted by Gasteiger charge is 2.09. The van der Waals surface area contributed by atoms with Gasteiger partial charge in [-0.25, -0.2) is 4.39 Å². The fourth-order valence-corrected chi connectivity index (χ4v) is 1.81. The third kappa shape index (κ3) is 3.26. The van der Waals surface area contributed by atoms with Crippen LogP contribution in [0.2, 0.25) is 0 Å². The summed E-state index contributed by atoms with van der Waals surface area (Å²) in [5.74, 6) is 5.97. The fraction of sp³-hybridized carbons (Fsp3) is 0.133. The highest BCUT2D eigenvalue weighted by molar-refractivity contribution is 5.84. The van der Waals surface area contributed by atoms with Gasteiger partial charge in [-0.1, -0.05) is 18.2 Å². The van der Waals surface area contributed by atoms with Crippen molar-refractivity contribution in [3.8, 4) is 11.5 Å². The van der Waals surface area contributed by atoms with E-state index in [0.29, 0.717) is 17.1 Å². The first kappa shape index (κ1) is 13.9. The minimum absolute atomic E-state index is 0.226. The average molecular weight is 274 g/mol. The Balaban J connectivity index is 2.23. The normalized spacial score (nSPS) is 10.7. The SMILES string of the molecule is COc1cccc(C=NN)c1OCc1cccc(F)c1. The van der Waals surface area contributed by atoms with Crippen LogP contribution in [-0.4, -0.2) is 13.3 Å². The molecule has 0 aliphatic heterocycles. The Morgan fingerprint density at radius 1 is 1.25 bits per heavy atom. The molecule has 0 unspecified atom stereocenters. The van der Waals surface area contributed by atoms with Crippen molar-refractivity contribution in [3.05, 3.63) is 59.4 Å². The molecule has 20 heavy (non-hydrogen) atoms. The van der Waals surface area contributed by atoms with Gasteiger partial charge in [0.25, 0.3) is 0 Å². The van der Waals surface area contributed by atoms with Crippen LogP contribution in [0, 0.1) is 5.82 Å². The molecule has 0 aliphatic rings. The molecule has 0 saturated carbocycles. The van der Waals surface area contributed by atoms with Crippen molar-refractivity contribution in [2.45, 2.75) is 6.61 Å². The van der Waals surface area contributed by atoms with Crippen LogP contribution in [0.25, 0.3) is 0 Å². The van der Waals surface area contributed by atoms with E-state index in [4.69, 9.17) is 15.3 Å². The van der Waals surface area contributed by atoms with E-state index in [0.717, 1.165) is 5.56 Å². The Morgan fingerprint density at radius 3 is 2.75 bits per heavy atom. The zero-order valence-electron chi connectivity index (χ0n) is 11.0. The quantitative estimate of drug-likeness (QED) is 0.518. The van der Waals surface area contributed by atoms with Gasteiger partial charge in [0.1, 0.15) is 12.4 Å². The van der Waals surface area contributed by atoms with E-state index >= 15 is 0 Å². The van der Waals surface area contributed by atoms with E-state index in [1.54, 1.807) is 31.4 Å². The van der Waals surface area contributed by atoms with Gasteiger partial charge in [0.05, 0.1) is 13.3 Å². The number of rotatable bonds is 5. The standard InChI is InChI=1S/C15H15FN2O2/c1-19-14-7-3-5-12(9-18-17)15(14)20-10-11-4-2-6-13(16)8-11/h2-9H,10,17H2,1H3. The summed E-state index contributed by atoms with van der Waals surface area (Å²) in [6.07, 6.45) is 1.48. The summed E-state index contributed by atoms with van der Waals surface area (Å²) in [6, 6.07) is 11.6. The molecule has 0 fully saturated rings. The molecule has 2 N–H and O–H groups in total. The van der Waals surface area contributed by atoms with Crippen molar-refractivity contribution in [3.63, 3.8) is 0 Å². The highest BCUT2D eigenvalue weighted by atomic mass is 19.1. The van der Waals surface area contributed by atoms with Crippen LogP contribution in [0.15, 0.2) is 47.6 Å². The smallest absolute Gasteiger partial charge is 0.170 e. The molecule has 0 bridgehead atoms. The number of nitrogens with zero attached hydrogens (tertiary/aromatic N) is 1. The van der Waals surface area contributed by atoms with Gasteiger partial charge in [0.2, 0.25) is 0 Å². The Kier molecular flexibility index (Phi) is 4.55. The molecular weight excluding hydrogens is 259 g/mol. The van der Waals surface area contributed by atoms with Crippen LogP contribution in [0.5, 0.6) is 11.5 Å². The van der Waals surface area contributed by atoms with Gasteiger partial charge in [-0.2, -0.15) is 5.10 Å². The van der Waals surface area contributed by atoms with Gasteiger partial charge >= 0.3 is 0 Å². The number of para-hydroxylation sites is 1. The molecule has 2 aromatic carbocycles. The first-order chi connectivity index (χ1) is 9.74. The van der Waals surface area contributed by atoms with Crippen molar-refractivity contribution in [1.82, 2.24) is 0 Å². The van der Waals surface area contributed by atoms with Crippen molar-refractivity contribution >= 4 is 6.21 Å². The number of hydrogen-bond acceptors (Lipinski definition) is 4. The van der Waals surface area contributed by atoms with Crippen LogP contribution in [0.3, 0.4) is 0 Å². The topological polar surface area (TPSA) is 56.8 Å². The van der Waals surface area contributed by atoms with E-state index in [1.807, 2.05) is 6.07 Å². The molecule has 0 amide bonds. The molecule has 0 spiro atoms. The summed E-state index contributed by atoms with van der Waals surface area (Å²) in [7, 11) is 1.55. The molecule has 2 aromatic rings. The summed E-state index contributed by atoms with van der Waals surface area (Å²) < 4.78 is 24.1. The molecule has 0 heterocycles. The monoisotopic (exact) mass is 274 g/mol. The predicted octanol–water partition coefficient (Wildman–Crippen LogP) is 2.71. The van der Waals surface area contributed by atoms with E-state index in [9.17, 15) is 4.39 Å². The second kappa shape index (κ2) is 6.56. The van der Waals surface area contributed by atoms with Gasteiger partial charge < -0.3 is 15.3 Å². The average Bonchev–Trinajstić information content (AvgIpc) is 2.46. The molecule has 4 nitrogen and oxygen atoms in total. The zero-order chi connectivity index (χ0) is 14.4. The second-order valence-electron chi connectivity index (χ2n) is 4.08. The summed E-state index contributed by atoms with van der Waals surface area (Å²) in [4.78, 5) is 0. The minimum Gasteiger partial charge on any atom is -0.493 e. The highest BCUT2D eigenvalue weighted by Crippen LogP contribution is 2.30. The molecule has 0 saturated heterocycles. The van der Waals surface area contributed by atoms with Crippen LogP contribution >= 0.6 is 0 Å². The molecule has 5 heteroatoms. The van der Waals surface area contributed by atoms with Crippen molar-refractivity contribution in [1.29, 1.82) is 0 Å². The Morgan fingerprint density at radius 2 is 2.05 bits per heavy atom. The van der Waals surface area contributed by atoms with Crippen LogP contribution < -0.4 is 15.3 Å². The van der Waals surface area contributed by atoms with Crippen LogP contribution in [0.1, 0.15) is 11.1 Å². The third-order valence-corrected chi connectivity index (χ3v) is 2.72. The molecule has 2 rings (SSSR count). The lowest BCUT2D eigenvalue weighted by Gasteiger charge is -2.13. The van der Waals surface area contributed by atoms with Crippen molar-refractivity contribution in [2.24, 2.45) is 10.9 Å². The summed E-state index contributed by atoms with van der Waals surface area (Å²) in [6.45, 7) is 0.226. The van der Waals surface area contributed by atoms with Crippen LogP contribution in [0.4, 0.5) is 4.39 Å². The molecule has 104 valence electrons. The maximum atomic E-state index is 13.1. The largest absolute Gasteiger partial charge is 0.493 e. The van der Waals surface area contributed by atoms with Gasteiger partial charge in [-0.05, 0) is 29.8 Å². The van der Waals surface area contributed by atoms with E-state index in [1.165, 1.54) is 18.3 Å². The zero-order valence-corrected chi connectivity index (χ0v) is 11.0. The van der Waals surface area contributed by atoms with E-state index in [2.05, 4.69) is 5.10 Å². The molecule has 0 aliphatic carbocycles. The van der Waals surface area contributed by atoms with Gasteiger partial charge in [-0.3, -0.25) is 0 Å². The maximum absolute atomic E-state index is 13.1. The minimum atomic E-state index is -0.296. The Labute approximate surface area is 116 Å². The third-order valence-electron chi connectivity index (χ3n) is 2.72. The number of hydrazone groups is 1. The lowest BCUT2D eigenvalue weighted by molar-refractivity contribution is 0.283. The molecular formula is C15H15FN2O2. The lowest BCUT2D eigenvalue weighted by atomic mass is 10.2. The van der Waals surface area contributed by atoms with Gasteiger partial charge in [-0.15, -0.1) is 0 Å². The van der Waals surface area contributed by atoms with Crippen molar-refractivity contribution < 1.29 is 13.9 Å². The maximum Gasteiger partial charge on any atom is 0.170 e. The predicted molar refractivity (Wildman–Crippen MR) is 75.5 cm³/mol. The summed E-state index contributed by atoms with van der Waals surface area (Å²) in [5.41, 5.74) is 1.43. The fourth-order valence-electron chi connectivity index (χ4n) is 1.81. The summed E-state index contributed by atoms with van der Waals surface area (Å²) in [5, 5.41) is 3.49. The number of methoxy groups -OCH3 is 1. The number of benzene rings is 2. The lowest BCUT2D eigenvalue weighted by Crippen LogP contribution is -2.01. The van der Waals surface area contributed by atoms with E-state index in [-0.39, 0.29) is 12.4 Å². The second-order valence-corrected chi connectivity index (χ2v) is 4.08. The number of hydrogen-bond donors (Lipinski definition) is 1. The Bertz CT molecular complexity index is 615.